The van der Waals surface area contributed by atoms with E-state index in [9.17, 15) is 4.79 Å². The van der Waals surface area contributed by atoms with Gasteiger partial charge in [-0.1, -0.05) is 6.92 Å². The van der Waals surface area contributed by atoms with Crippen molar-refractivity contribution in [1.29, 1.82) is 0 Å². The number of nitrogens with zero attached hydrogens (tertiary/aromatic N) is 1. The van der Waals surface area contributed by atoms with Crippen LogP contribution < -0.4 is 11.2 Å². The van der Waals surface area contributed by atoms with Crippen LogP contribution in [-0.2, 0) is 4.79 Å². The molecule has 1 rings (SSSR count). The van der Waals surface area contributed by atoms with E-state index < -0.39 is 0 Å². The number of rotatable bonds is 6. The van der Waals surface area contributed by atoms with Gasteiger partial charge >= 0.3 is 0 Å². The lowest BCUT2D eigenvalue weighted by Crippen LogP contribution is -2.21. The molecular weight excluding hydrogens is 190 g/mol. The van der Waals surface area contributed by atoms with Crippen LogP contribution in [0.25, 0.3) is 0 Å². The van der Waals surface area contributed by atoms with Crippen LogP contribution in [0, 0.1) is 5.92 Å². The highest BCUT2D eigenvalue weighted by atomic mass is 16.2. The molecule has 0 bridgehead atoms. The van der Waals surface area contributed by atoms with Crippen molar-refractivity contribution in [3.63, 3.8) is 0 Å². The molecule has 0 saturated heterocycles. The van der Waals surface area contributed by atoms with Crippen LogP contribution in [0.3, 0.4) is 0 Å². The molecular formula is C11H19N3O. The van der Waals surface area contributed by atoms with E-state index in [0.717, 1.165) is 12.8 Å². The molecule has 1 unspecified atom stereocenters. The maximum absolute atomic E-state index is 11.5. The first kappa shape index (κ1) is 11.8. The van der Waals surface area contributed by atoms with Crippen LogP contribution in [0.15, 0.2) is 24.5 Å². The van der Waals surface area contributed by atoms with Crippen molar-refractivity contribution >= 4 is 5.91 Å². The molecule has 0 aromatic carbocycles. The van der Waals surface area contributed by atoms with Gasteiger partial charge in [-0.05, 0) is 37.4 Å². The van der Waals surface area contributed by atoms with E-state index >= 15 is 0 Å². The molecule has 0 saturated carbocycles. The lowest BCUT2D eigenvalue weighted by atomic mass is 10.0. The molecule has 1 aromatic heterocycles. The molecule has 4 heteroatoms. The van der Waals surface area contributed by atoms with Gasteiger partial charge in [0.15, 0.2) is 0 Å². The molecule has 1 aromatic rings. The highest BCUT2D eigenvalue weighted by Crippen LogP contribution is 2.08. The third-order valence-corrected chi connectivity index (χ3v) is 2.38. The highest BCUT2D eigenvalue weighted by molar-refractivity contribution is 5.83. The molecule has 0 radical (unpaired) electrons. The summed E-state index contributed by atoms with van der Waals surface area (Å²) in [5.74, 6) is 0.570. The van der Waals surface area contributed by atoms with Crippen molar-refractivity contribution in [3.8, 4) is 0 Å². The molecule has 0 aliphatic rings. The third-order valence-electron chi connectivity index (χ3n) is 2.38. The Morgan fingerprint density at radius 2 is 2.07 bits per heavy atom. The Balaban J connectivity index is 2.19. The summed E-state index contributed by atoms with van der Waals surface area (Å²) >= 11 is 0. The second-order valence-electron chi connectivity index (χ2n) is 3.85. The molecule has 4 nitrogen and oxygen atoms in total. The maximum atomic E-state index is 11.5. The second-order valence-corrected chi connectivity index (χ2v) is 3.85. The fourth-order valence-corrected chi connectivity index (χ4v) is 1.42. The van der Waals surface area contributed by atoms with Gasteiger partial charge in [-0.2, -0.15) is 0 Å². The average molecular weight is 209 g/mol. The first-order valence-corrected chi connectivity index (χ1v) is 5.35. The Labute approximate surface area is 90.4 Å². The molecule has 1 atom stereocenters. The number of hydrogen-bond acceptors (Lipinski definition) is 2. The van der Waals surface area contributed by atoms with E-state index in [1.54, 1.807) is 17.1 Å². The van der Waals surface area contributed by atoms with Gasteiger partial charge in [0.1, 0.15) is 0 Å². The molecule has 15 heavy (non-hydrogen) atoms. The molecule has 1 heterocycles. The summed E-state index contributed by atoms with van der Waals surface area (Å²) in [6.07, 6.45) is 6.04. The quantitative estimate of drug-likeness (QED) is 0.742. The number of nitrogens with two attached hydrogens (primary N) is 1. The molecule has 0 aliphatic heterocycles. The van der Waals surface area contributed by atoms with Gasteiger partial charge in [-0.3, -0.25) is 14.9 Å². The zero-order valence-electron chi connectivity index (χ0n) is 9.15. The Kier molecular flexibility index (Phi) is 4.90. The minimum Gasteiger partial charge on any atom is -0.330 e. The summed E-state index contributed by atoms with van der Waals surface area (Å²) in [4.78, 5) is 11.5. The Hall–Kier alpha value is -1.29. The fraction of sp³-hybridized carbons (Fsp3) is 0.545. The van der Waals surface area contributed by atoms with Crippen molar-refractivity contribution in [2.24, 2.45) is 11.7 Å². The third kappa shape index (κ3) is 4.65. The van der Waals surface area contributed by atoms with Crippen LogP contribution in [0.5, 0.6) is 0 Å². The zero-order chi connectivity index (χ0) is 11.1. The first-order valence-electron chi connectivity index (χ1n) is 5.35. The summed E-state index contributed by atoms with van der Waals surface area (Å²) in [7, 11) is 0. The van der Waals surface area contributed by atoms with Gasteiger partial charge in [-0.15, -0.1) is 0 Å². The van der Waals surface area contributed by atoms with Crippen LogP contribution in [0.2, 0.25) is 0 Å². The number of amides is 1. The number of aromatic nitrogens is 1. The molecule has 3 N–H and O–H groups in total. The summed E-state index contributed by atoms with van der Waals surface area (Å²) in [5, 5.41) is 0. The predicted octanol–water partition coefficient (Wildman–Crippen LogP) is 1.32. The van der Waals surface area contributed by atoms with Gasteiger partial charge in [0.25, 0.3) is 0 Å². The standard InChI is InChI=1S/C11H19N3O/c1-10(6-7-12)4-5-11(15)13-14-8-2-3-9-14/h2-3,8-10H,4-7,12H2,1H3,(H,13,15). The Morgan fingerprint density at radius 1 is 1.40 bits per heavy atom. The molecule has 0 spiro atoms. The SMILES string of the molecule is CC(CCN)CCC(=O)Nn1cccc1. The summed E-state index contributed by atoms with van der Waals surface area (Å²) in [6.45, 7) is 2.82. The van der Waals surface area contributed by atoms with E-state index in [4.69, 9.17) is 5.73 Å². The van der Waals surface area contributed by atoms with Crippen molar-refractivity contribution in [3.05, 3.63) is 24.5 Å². The van der Waals surface area contributed by atoms with Crippen LogP contribution in [0.4, 0.5) is 0 Å². The van der Waals surface area contributed by atoms with Gasteiger partial charge < -0.3 is 5.73 Å². The monoisotopic (exact) mass is 209 g/mol. The maximum Gasteiger partial charge on any atom is 0.238 e. The minimum atomic E-state index is 0.0510. The molecule has 0 fully saturated rings. The normalized spacial score (nSPS) is 12.4. The smallest absolute Gasteiger partial charge is 0.238 e. The summed E-state index contributed by atoms with van der Waals surface area (Å²) in [6, 6.07) is 3.74. The minimum absolute atomic E-state index is 0.0510. The van der Waals surface area contributed by atoms with Crippen LogP contribution in [0.1, 0.15) is 26.2 Å². The van der Waals surface area contributed by atoms with E-state index in [1.807, 2.05) is 12.1 Å². The topological polar surface area (TPSA) is 60.1 Å². The van der Waals surface area contributed by atoms with Crippen molar-refractivity contribution in [2.45, 2.75) is 26.2 Å². The van der Waals surface area contributed by atoms with Gasteiger partial charge in [0.2, 0.25) is 5.91 Å². The van der Waals surface area contributed by atoms with Crippen molar-refractivity contribution in [1.82, 2.24) is 4.68 Å². The first-order chi connectivity index (χ1) is 7.22. The lowest BCUT2D eigenvalue weighted by Gasteiger charge is -2.10. The van der Waals surface area contributed by atoms with E-state index in [1.165, 1.54) is 0 Å². The fourth-order valence-electron chi connectivity index (χ4n) is 1.42. The van der Waals surface area contributed by atoms with Gasteiger partial charge in [-0.25, -0.2) is 0 Å². The van der Waals surface area contributed by atoms with Crippen LogP contribution in [-0.4, -0.2) is 17.1 Å². The largest absolute Gasteiger partial charge is 0.330 e. The predicted molar refractivity (Wildman–Crippen MR) is 60.9 cm³/mol. The Morgan fingerprint density at radius 3 is 2.67 bits per heavy atom. The Bertz CT molecular complexity index is 282. The van der Waals surface area contributed by atoms with Gasteiger partial charge in [0.05, 0.1) is 0 Å². The number of carbonyl (C=O) groups excluding carboxylic acids is 1. The summed E-state index contributed by atoms with van der Waals surface area (Å²) in [5.41, 5.74) is 8.21. The lowest BCUT2D eigenvalue weighted by molar-refractivity contribution is -0.117. The molecule has 0 aliphatic carbocycles. The highest BCUT2D eigenvalue weighted by Gasteiger charge is 2.05. The van der Waals surface area contributed by atoms with Crippen molar-refractivity contribution in [2.75, 3.05) is 12.0 Å². The van der Waals surface area contributed by atoms with E-state index in [2.05, 4.69) is 12.3 Å². The second kappa shape index (κ2) is 6.24. The van der Waals surface area contributed by atoms with E-state index in [0.29, 0.717) is 18.9 Å². The van der Waals surface area contributed by atoms with E-state index in [-0.39, 0.29) is 5.91 Å². The summed E-state index contributed by atoms with van der Waals surface area (Å²) < 4.78 is 1.66. The van der Waals surface area contributed by atoms with Crippen LogP contribution >= 0.6 is 0 Å². The van der Waals surface area contributed by atoms with Crippen molar-refractivity contribution < 1.29 is 4.79 Å². The average Bonchev–Trinajstić information content (AvgIpc) is 2.68. The zero-order valence-corrected chi connectivity index (χ0v) is 9.15. The van der Waals surface area contributed by atoms with Gasteiger partial charge in [0, 0.05) is 18.8 Å². The number of hydrogen-bond donors (Lipinski definition) is 2. The number of carbonyl (C=O) groups is 1. The molecule has 84 valence electrons. The molecule has 1 amide bonds. The number of nitrogens with one attached hydrogen (secondary N) is 1.